The van der Waals surface area contributed by atoms with E-state index in [1.165, 1.54) is 0 Å². The molecule has 5 nitrogen and oxygen atoms in total. The van der Waals surface area contributed by atoms with Gasteiger partial charge in [-0.3, -0.25) is 4.79 Å². The van der Waals surface area contributed by atoms with Crippen LogP contribution in [0.25, 0.3) is 11.0 Å². The molecule has 0 radical (unpaired) electrons. The van der Waals surface area contributed by atoms with Crippen LogP contribution in [0.15, 0.2) is 36.9 Å². The van der Waals surface area contributed by atoms with Crippen molar-refractivity contribution in [3.63, 3.8) is 0 Å². The first-order valence-electron chi connectivity index (χ1n) is 8.24. The fourth-order valence-electron chi connectivity index (χ4n) is 3.01. The molecule has 5 heteroatoms. The van der Waals surface area contributed by atoms with Gasteiger partial charge in [-0.2, -0.15) is 0 Å². The smallest absolute Gasteiger partial charge is 0.249 e. The molecule has 0 bridgehead atoms. The van der Waals surface area contributed by atoms with Gasteiger partial charge >= 0.3 is 0 Å². The Morgan fingerprint density at radius 1 is 1.48 bits per heavy atom. The molecule has 1 aromatic heterocycles. The molecule has 1 fully saturated rings. The minimum Gasteiger partial charge on any atom is -0.368 e. The van der Waals surface area contributed by atoms with E-state index in [4.69, 9.17) is 9.72 Å². The SMILES string of the molecule is C=CCn1c(CCCNC(=O)C2CCCO2)nc2ccccc21. The number of hydrogen-bond acceptors (Lipinski definition) is 3. The lowest BCUT2D eigenvalue weighted by atomic mass is 10.2. The quantitative estimate of drug-likeness (QED) is 0.631. The molecule has 1 N–H and O–H groups in total. The number of para-hydroxylation sites is 2. The topological polar surface area (TPSA) is 56.2 Å². The van der Waals surface area contributed by atoms with E-state index in [9.17, 15) is 4.79 Å². The van der Waals surface area contributed by atoms with Crippen molar-refractivity contribution < 1.29 is 9.53 Å². The fourth-order valence-corrected chi connectivity index (χ4v) is 3.01. The van der Waals surface area contributed by atoms with Crippen molar-refractivity contribution in [1.29, 1.82) is 0 Å². The summed E-state index contributed by atoms with van der Waals surface area (Å²) in [6.07, 6.45) is 5.13. The standard InChI is InChI=1S/C18H23N3O2/c1-2-12-21-15-8-4-3-7-14(15)20-17(21)10-5-11-19-18(22)16-9-6-13-23-16/h2-4,7-8,16H,1,5-6,9-13H2,(H,19,22). The van der Waals surface area contributed by atoms with E-state index >= 15 is 0 Å². The highest BCUT2D eigenvalue weighted by Gasteiger charge is 2.22. The van der Waals surface area contributed by atoms with E-state index < -0.39 is 0 Å². The molecule has 1 amide bonds. The van der Waals surface area contributed by atoms with Crippen molar-refractivity contribution in [3.8, 4) is 0 Å². The molecule has 122 valence electrons. The van der Waals surface area contributed by atoms with Crippen LogP contribution in [0, 0.1) is 0 Å². The van der Waals surface area contributed by atoms with E-state index in [-0.39, 0.29) is 12.0 Å². The molecule has 1 aromatic carbocycles. The van der Waals surface area contributed by atoms with E-state index in [0.717, 1.165) is 49.1 Å². The van der Waals surface area contributed by atoms with Crippen LogP contribution in [0.4, 0.5) is 0 Å². The van der Waals surface area contributed by atoms with Gasteiger partial charge in [0.05, 0.1) is 11.0 Å². The van der Waals surface area contributed by atoms with Crippen LogP contribution in [0.3, 0.4) is 0 Å². The van der Waals surface area contributed by atoms with Gasteiger partial charge in [0, 0.05) is 26.1 Å². The molecule has 0 saturated carbocycles. The molecule has 0 spiro atoms. The lowest BCUT2D eigenvalue weighted by Gasteiger charge is -2.10. The minimum absolute atomic E-state index is 0.0158. The van der Waals surface area contributed by atoms with Crippen LogP contribution >= 0.6 is 0 Å². The third-order valence-corrected chi connectivity index (χ3v) is 4.14. The van der Waals surface area contributed by atoms with Crippen molar-refractivity contribution in [2.75, 3.05) is 13.2 Å². The van der Waals surface area contributed by atoms with Gasteiger partial charge in [-0.05, 0) is 31.4 Å². The first-order chi connectivity index (χ1) is 11.3. The number of ether oxygens (including phenoxy) is 1. The molecule has 1 unspecified atom stereocenters. The zero-order valence-corrected chi connectivity index (χ0v) is 13.3. The molecule has 1 aliphatic rings. The summed E-state index contributed by atoms with van der Waals surface area (Å²) < 4.78 is 7.57. The molecule has 2 heterocycles. The Hall–Kier alpha value is -2.14. The second-order valence-electron chi connectivity index (χ2n) is 5.81. The van der Waals surface area contributed by atoms with Crippen molar-refractivity contribution in [3.05, 3.63) is 42.7 Å². The number of aryl methyl sites for hydroxylation is 1. The largest absolute Gasteiger partial charge is 0.368 e. The van der Waals surface area contributed by atoms with Gasteiger partial charge in [0.1, 0.15) is 11.9 Å². The molecule has 1 atom stereocenters. The predicted octanol–water partition coefficient (Wildman–Crippen LogP) is 2.45. The maximum atomic E-state index is 11.9. The maximum absolute atomic E-state index is 11.9. The number of imidazole rings is 1. The van der Waals surface area contributed by atoms with Crippen molar-refractivity contribution in [1.82, 2.24) is 14.9 Å². The third-order valence-electron chi connectivity index (χ3n) is 4.14. The normalized spacial score (nSPS) is 17.5. The summed E-state index contributed by atoms with van der Waals surface area (Å²) in [7, 11) is 0. The first-order valence-corrected chi connectivity index (χ1v) is 8.24. The van der Waals surface area contributed by atoms with Gasteiger partial charge in [0.2, 0.25) is 5.91 Å². The Balaban J connectivity index is 1.57. The van der Waals surface area contributed by atoms with E-state index in [1.807, 2.05) is 24.3 Å². The Morgan fingerprint density at radius 3 is 3.13 bits per heavy atom. The lowest BCUT2D eigenvalue weighted by Crippen LogP contribution is -2.34. The van der Waals surface area contributed by atoms with Gasteiger partial charge < -0.3 is 14.6 Å². The van der Waals surface area contributed by atoms with Crippen molar-refractivity contribution in [2.45, 2.75) is 38.3 Å². The van der Waals surface area contributed by atoms with Crippen LogP contribution < -0.4 is 5.32 Å². The molecule has 2 aromatic rings. The van der Waals surface area contributed by atoms with E-state index in [1.54, 1.807) is 0 Å². The van der Waals surface area contributed by atoms with Gasteiger partial charge in [-0.15, -0.1) is 6.58 Å². The van der Waals surface area contributed by atoms with Crippen LogP contribution in [0.2, 0.25) is 0 Å². The minimum atomic E-state index is -0.250. The number of hydrogen-bond donors (Lipinski definition) is 1. The number of rotatable bonds is 7. The Labute approximate surface area is 136 Å². The van der Waals surface area contributed by atoms with Gasteiger partial charge in [0.15, 0.2) is 0 Å². The number of carbonyl (C=O) groups excluding carboxylic acids is 1. The van der Waals surface area contributed by atoms with Crippen molar-refractivity contribution >= 4 is 16.9 Å². The number of allylic oxidation sites excluding steroid dienone is 1. The summed E-state index contributed by atoms with van der Waals surface area (Å²) in [6.45, 7) is 5.92. The average molecular weight is 313 g/mol. The van der Waals surface area contributed by atoms with Crippen molar-refractivity contribution in [2.24, 2.45) is 0 Å². The van der Waals surface area contributed by atoms with Gasteiger partial charge in [-0.1, -0.05) is 18.2 Å². The number of fused-ring (bicyclic) bond motifs is 1. The number of aromatic nitrogens is 2. The molecule has 1 saturated heterocycles. The van der Waals surface area contributed by atoms with Crippen LogP contribution in [-0.4, -0.2) is 34.7 Å². The Bertz CT molecular complexity index is 687. The third kappa shape index (κ3) is 3.62. The highest BCUT2D eigenvalue weighted by Crippen LogP contribution is 2.17. The second-order valence-corrected chi connectivity index (χ2v) is 5.81. The molecule has 0 aliphatic carbocycles. The monoisotopic (exact) mass is 313 g/mol. The first kappa shape index (κ1) is 15.7. The summed E-state index contributed by atoms with van der Waals surface area (Å²) in [5, 5.41) is 2.96. The summed E-state index contributed by atoms with van der Waals surface area (Å²) in [5.74, 6) is 1.06. The molecule has 1 aliphatic heterocycles. The lowest BCUT2D eigenvalue weighted by molar-refractivity contribution is -0.130. The maximum Gasteiger partial charge on any atom is 0.249 e. The Kier molecular flexibility index (Phi) is 5.08. The molecule has 23 heavy (non-hydrogen) atoms. The molecular formula is C18H23N3O2. The number of nitrogens with one attached hydrogen (secondary N) is 1. The number of amides is 1. The van der Waals surface area contributed by atoms with Crippen LogP contribution in [0.1, 0.15) is 25.1 Å². The van der Waals surface area contributed by atoms with Crippen LogP contribution in [-0.2, 0) is 22.5 Å². The number of carbonyl (C=O) groups is 1. The molecule has 3 rings (SSSR count). The summed E-state index contributed by atoms with van der Waals surface area (Å²) in [4.78, 5) is 16.6. The van der Waals surface area contributed by atoms with Crippen LogP contribution in [0.5, 0.6) is 0 Å². The second kappa shape index (κ2) is 7.42. The van der Waals surface area contributed by atoms with E-state index in [2.05, 4.69) is 22.5 Å². The average Bonchev–Trinajstić information content (AvgIpc) is 3.20. The van der Waals surface area contributed by atoms with Gasteiger partial charge in [-0.25, -0.2) is 4.98 Å². The predicted molar refractivity (Wildman–Crippen MR) is 90.2 cm³/mol. The molecular weight excluding hydrogens is 290 g/mol. The summed E-state index contributed by atoms with van der Waals surface area (Å²) in [5.41, 5.74) is 2.14. The number of nitrogens with zero attached hydrogens (tertiary/aromatic N) is 2. The van der Waals surface area contributed by atoms with E-state index in [0.29, 0.717) is 13.2 Å². The van der Waals surface area contributed by atoms with Gasteiger partial charge in [0.25, 0.3) is 0 Å². The zero-order valence-electron chi connectivity index (χ0n) is 13.3. The highest BCUT2D eigenvalue weighted by atomic mass is 16.5. The zero-order chi connectivity index (χ0) is 16.1. The Morgan fingerprint density at radius 2 is 2.35 bits per heavy atom. The summed E-state index contributed by atoms with van der Waals surface area (Å²) in [6, 6.07) is 8.13. The number of benzene rings is 1. The fraction of sp³-hybridized carbons (Fsp3) is 0.444. The summed E-state index contributed by atoms with van der Waals surface area (Å²) >= 11 is 0. The highest BCUT2D eigenvalue weighted by molar-refractivity contribution is 5.80.